The number of carbonyl (C=O) groups is 1. The molecular formula is C17H15F3N4O2. The molecule has 0 unspecified atom stereocenters. The Bertz CT molecular complexity index is 818. The highest BCUT2D eigenvalue weighted by molar-refractivity contribution is 5.95. The number of hydrogen-bond donors (Lipinski definition) is 0. The quantitative estimate of drug-likeness (QED) is 0.773. The maximum absolute atomic E-state index is 12.7. The Labute approximate surface area is 147 Å². The summed E-state index contributed by atoms with van der Waals surface area (Å²) in [6, 6.07) is 7.95. The fourth-order valence-electron chi connectivity index (χ4n) is 3.04. The molecule has 1 aromatic heterocycles. The Kier molecular flexibility index (Phi) is 4.93. The molecule has 0 aliphatic heterocycles. The molecular weight excluding hydrogens is 349 g/mol. The molecule has 3 rings (SSSR count). The van der Waals surface area contributed by atoms with Gasteiger partial charge in [-0.2, -0.15) is 23.4 Å². The molecule has 0 bridgehead atoms. The van der Waals surface area contributed by atoms with Crippen molar-refractivity contribution in [3.8, 4) is 17.5 Å². The number of aromatic nitrogens is 2. The summed E-state index contributed by atoms with van der Waals surface area (Å²) < 4.78 is 41.8. The predicted octanol–water partition coefficient (Wildman–Crippen LogP) is 3.66. The Morgan fingerprint density at radius 3 is 2.46 bits per heavy atom. The SMILES string of the molecule is N#CCN(C(=O)c1ccc(-c2noc(C(F)(F)F)n2)cc1)C1CCCC1. The largest absolute Gasteiger partial charge is 0.471 e. The second-order valence-corrected chi connectivity index (χ2v) is 6.03. The van der Waals surface area contributed by atoms with Crippen LogP contribution in [0.4, 0.5) is 13.2 Å². The van der Waals surface area contributed by atoms with Crippen LogP contribution >= 0.6 is 0 Å². The minimum atomic E-state index is -4.71. The van der Waals surface area contributed by atoms with E-state index in [9.17, 15) is 18.0 Å². The Morgan fingerprint density at radius 2 is 1.92 bits per heavy atom. The number of hydrogen-bond acceptors (Lipinski definition) is 5. The first-order valence-electron chi connectivity index (χ1n) is 8.09. The molecule has 9 heteroatoms. The van der Waals surface area contributed by atoms with Gasteiger partial charge in [0.2, 0.25) is 5.82 Å². The van der Waals surface area contributed by atoms with Gasteiger partial charge in [-0.25, -0.2) is 0 Å². The van der Waals surface area contributed by atoms with Gasteiger partial charge in [-0.1, -0.05) is 30.1 Å². The summed E-state index contributed by atoms with van der Waals surface area (Å²) in [6.07, 6.45) is -0.917. The topological polar surface area (TPSA) is 83.0 Å². The van der Waals surface area contributed by atoms with Gasteiger partial charge in [0.1, 0.15) is 6.54 Å². The fraction of sp³-hybridized carbons (Fsp3) is 0.412. The van der Waals surface area contributed by atoms with Gasteiger partial charge in [-0.05, 0) is 25.0 Å². The second-order valence-electron chi connectivity index (χ2n) is 6.03. The molecule has 0 N–H and O–H groups in total. The minimum absolute atomic E-state index is 0.00500. The molecule has 136 valence electrons. The lowest BCUT2D eigenvalue weighted by Crippen LogP contribution is -2.39. The van der Waals surface area contributed by atoms with Gasteiger partial charge in [0.05, 0.1) is 6.07 Å². The number of alkyl halides is 3. The van der Waals surface area contributed by atoms with E-state index in [1.807, 2.05) is 6.07 Å². The van der Waals surface area contributed by atoms with E-state index in [1.54, 1.807) is 4.90 Å². The summed E-state index contributed by atoms with van der Waals surface area (Å²) in [5.74, 6) is -1.90. The van der Waals surface area contributed by atoms with Crippen molar-refractivity contribution in [3.63, 3.8) is 0 Å². The van der Waals surface area contributed by atoms with Crippen molar-refractivity contribution in [2.24, 2.45) is 0 Å². The van der Waals surface area contributed by atoms with Crippen LogP contribution in [-0.2, 0) is 6.18 Å². The van der Waals surface area contributed by atoms with Crippen molar-refractivity contribution < 1.29 is 22.5 Å². The summed E-state index contributed by atoms with van der Waals surface area (Å²) in [5.41, 5.74) is 0.656. The summed E-state index contributed by atoms with van der Waals surface area (Å²) >= 11 is 0. The highest BCUT2D eigenvalue weighted by atomic mass is 19.4. The lowest BCUT2D eigenvalue weighted by atomic mass is 10.1. The van der Waals surface area contributed by atoms with Crippen LogP contribution in [0.15, 0.2) is 28.8 Å². The van der Waals surface area contributed by atoms with Crippen molar-refractivity contribution in [1.82, 2.24) is 15.0 Å². The molecule has 0 atom stereocenters. The van der Waals surface area contributed by atoms with Crippen LogP contribution in [0.2, 0.25) is 0 Å². The molecule has 26 heavy (non-hydrogen) atoms. The van der Waals surface area contributed by atoms with Crippen LogP contribution in [0.25, 0.3) is 11.4 Å². The van der Waals surface area contributed by atoms with Crippen LogP contribution < -0.4 is 0 Å². The molecule has 1 aliphatic carbocycles. The number of carbonyl (C=O) groups excluding carboxylic acids is 1. The zero-order chi connectivity index (χ0) is 18.7. The van der Waals surface area contributed by atoms with E-state index in [4.69, 9.17) is 5.26 Å². The maximum atomic E-state index is 12.7. The van der Waals surface area contributed by atoms with E-state index in [2.05, 4.69) is 14.7 Å². The van der Waals surface area contributed by atoms with Crippen LogP contribution in [0.3, 0.4) is 0 Å². The van der Waals surface area contributed by atoms with Crippen molar-refractivity contribution >= 4 is 5.91 Å². The van der Waals surface area contributed by atoms with E-state index >= 15 is 0 Å². The zero-order valence-electron chi connectivity index (χ0n) is 13.7. The molecule has 0 saturated heterocycles. The van der Waals surface area contributed by atoms with E-state index < -0.39 is 12.1 Å². The summed E-state index contributed by atoms with van der Waals surface area (Å²) in [5, 5.41) is 12.3. The summed E-state index contributed by atoms with van der Waals surface area (Å²) in [6.45, 7) is 0.00500. The average Bonchev–Trinajstić information content (AvgIpc) is 3.30. The highest BCUT2D eigenvalue weighted by Gasteiger charge is 2.38. The summed E-state index contributed by atoms with van der Waals surface area (Å²) in [4.78, 5) is 17.5. The number of rotatable bonds is 4. The molecule has 1 saturated carbocycles. The average molecular weight is 364 g/mol. The summed E-state index contributed by atoms with van der Waals surface area (Å²) in [7, 11) is 0. The molecule has 1 heterocycles. The Hall–Kier alpha value is -2.89. The first kappa shape index (κ1) is 17.9. The molecule has 0 radical (unpaired) electrons. The van der Waals surface area contributed by atoms with Gasteiger partial charge >= 0.3 is 12.1 Å². The third-order valence-electron chi connectivity index (χ3n) is 4.33. The third kappa shape index (κ3) is 3.69. The van der Waals surface area contributed by atoms with Gasteiger partial charge in [-0.3, -0.25) is 4.79 Å². The molecule has 2 aromatic rings. The van der Waals surface area contributed by atoms with Gasteiger partial charge in [0.15, 0.2) is 0 Å². The first-order valence-corrected chi connectivity index (χ1v) is 8.09. The minimum Gasteiger partial charge on any atom is -0.329 e. The lowest BCUT2D eigenvalue weighted by Gasteiger charge is -2.26. The van der Waals surface area contributed by atoms with Gasteiger partial charge in [0.25, 0.3) is 5.91 Å². The molecule has 1 aliphatic rings. The van der Waals surface area contributed by atoms with E-state index in [1.165, 1.54) is 24.3 Å². The molecule has 0 spiro atoms. The third-order valence-corrected chi connectivity index (χ3v) is 4.33. The van der Waals surface area contributed by atoms with E-state index in [0.29, 0.717) is 11.1 Å². The van der Waals surface area contributed by atoms with Crippen molar-refractivity contribution in [2.75, 3.05) is 6.54 Å². The van der Waals surface area contributed by atoms with Crippen LogP contribution in [0.1, 0.15) is 41.9 Å². The monoisotopic (exact) mass is 364 g/mol. The lowest BCUT2D eigenvalue weighted by molar-refractivity contribution is -0.159. The number of benzene rings is 1. The second kappa shape index (κ2) is 7.15. The van der Waals surface area contributed by atoms with Gasteiger partial charge in [-0.15, -0.1) is 0 Å². The Balaban J connectivity index is 1.79. The number of amides is 1. The predicted molar refractivity (Wildman–Crippen MR) is 83.6 cm³/mol. The molecule has 1 amide bonds. The van der Waals surface area contributed by atoms with E-state index in [-0.39, 0.29) is 24.3 Å². The number of halogens is 3. The van der Waals surface area contributed by atoms with Crippen molar-refractivity contribution in [1.29, 1.82) is 5.26 Å². The maximum Gasteiger partial charge on any atom is 0.471 e. The van der Waals surface area contributed by atoms with Crippen molar-refractivity contribution in [2.45, 2.75) is 37.9 Å². The van der Waals surface area contributed by atoms with Crippen molar-refractivity contribution in [3.05, 3.63) is 35.7 Å². The first-order chi connectivity index (χ1) is 12.4. The normalized spacial score (nSPS) is 15.0. The Morgan fingerprint density at radius 1 is 1.27 bits per heavy atom. The standard InChI is InChI=1S/C17H15F3N4O2/c18-17(19,20)16-22-14(23-26-16)11-5-7-12(8-6-11)15(25)24(10-9-21)13-3-1-2-4-13/h5-8,13H,1-4,10H2. The highest BCUT2D eigenvalue weighted by Crippen LogP contribution is 2.29. The van der Waals surface area contributed by atoms with Crippen LogP contribution in [0.5, 0.6) is 0 Å². The number of nitrogens with zero attached hydrogens (tertiary/aromatic N) is 4. The molecule has 1 aromatic carbocycles. The smallest absolute Gasteiger partial charge is 0.329 e. The fourth-order valence-corrected chi connectivity index (χ4v) is 3.04. The van der Waals surface area contributed by atoms with Gasteiger partial charge < -0.3 is 9.42 Å². The van der Waals surface area contributed by atoms with Crippen LogP contribution in [0, 0.1) is 11.3 Å². The van der Waals surface area contributed by atoms with Gasteiger partial charge in [0, 0.05) is 17.2 Å². The number of nitriles is 1. The zero-order valence-corrected chi connectivity index (χ0v) is 13.7. The van der Waals surface area contributed by atoms with E-state index in [0.717, 1.165) is 25.7 Å². The molecule has 1 fully saturated rings. The van der Waals surface area contributed by atoms with Crippen LogP contribution in [-0.4, -0.2) is 33.5 Å². The molecule has 6 nitrogen and oxygen atoms in total.